The first-order valence-electron chi connectivity index (χ1n) is 8.13. The van der Waals surface area contributed by atoms with E-state index in [1.54, 1.807) is 0 Å². The van der Waals surface area contributed by atoms with Crippen molar-refractivity contribution in [1.82, 2.24) is 10.3 Å². The molecule has 128 valence electrons. The summed E-state index contributed by atoms with van der Waals surface area (Å²) in [5.41, 5.74) is 3.29. The lowest BCUT2D eigenvalue weighted by Crippen LogP contribution is -2.23. The normalized spacial score (nSPS) is 10.7. The lowest BCUT2D eigenvalue weighted by atomic mass is 10.1. The summed E-state index contributed by atoms with van der Waals surface area (Å²) in [6, 6.07) is 15.3. The lowest BCUT2D eigenvalue weighted by Gasteiger charge is -2.10. The maximum absolute atomic E-state index is 12.7. The molecule has 1 aromatic heterocycles. The maximum Gasteiger partial charge on any atom is 0.252 e. The van der Waals surface area contributed by atoms with Crippen LogP contribution in [0.15, 0.2) is 53.0 Å². The number of hydrogen-bond acceptors (Lipinski definition) is 3. The highest BCUT2D eigenvalue weighted by Crippen LogP contribution is 2.23. The van der Waals surface area contributed by atoms with Gasteiger partial charge in [0.25, 0.3) is 5.91 Å². The number of rotatable bonds is 5. The molecular weight excluding hydrogens is 380 g/mol. The molecule has 0 aliphatic rings. The Labute approximate surface area is 155 Å². The van der Waals surface area contributed by atoms with Crippen LogP contribution < -0.4 is 10.1 Å². The zero-order valence-corrected chi connectivity index (χ0v) is 15.8. The van der Waals surface area contributed by atoms with E-state index in [0.29, 0.717) is 18.7 Å². The van der Waals surface area contributed by atoms with Crippen molar-refractivity contribution in [2.24, 2.45) is 0 Å². The molecule has 0 aliphatic carbocycles. The average Bonchev–Trinajstić information content (AvgIpc) is 2.61. The van der Waals surface area contributed by atoms with Crippen molar-refractivity contribution in [3.63, 3.8) is 0 Å². The summed E-state index contributed by atoms with van der Waals surface area (Å²) >= 11 is 3.46. The number of aromatic nitrogens is 1. The summed E-state index contributed by atoms with van der Waals surface area (Å²) in [4.78, 5) is 17.2. The molecule has 1 amide bonds. The third-order valence-electron chi connectivity index (χ3n) is 3.83. The van der Waals surface area contributed by atoms with E-state index in [1.807, 2.05) is 62.4 Å². The SMILES string of the molecule is CCOc1ccc(CNC(=O)c2cc(C)nc3ccc(Br)cc23)cc1. The molecule has 25 heavy (non-hydrogen) atoms. The van der Waals surface area contributed by atoms with Gasteiger partial charge in [-0.3, -0.25) is 9.78 Å². The topological polar surface area (TPSA) is 51.2 Å². The standard InChI is InChI=1S/C20H19BrN2O2/c1-3-25-16-7-4-14(5-8-16)12-22-20(24)18-10-13(2)23-19-9-6-15(21)11-17(18)19/h4-11H,3,12H2,1-2H3,(H,22,24). The number of halogens is 1. The van der Waals surface area contributed by atoms with Crippen LogP contribution in [0.2, 0.25) is 0 Å². The van der Waals surface area contributed by atoms with Gasteiger partial charge < -0.3 is 10.1 Å². The monoisotopic (exact) mass is 398 g/mol. The van der Waals surface area contributed by atoms with E-state index in [4.69, 9.17) is 4.74 Å². The minimum absolute atomic E-state index is 0.109. The Morgan fingerprint density at radius 3 is 2.64 bits per heavy atom. The Bertz CT molecular complexity index is 907. The van der Waals surface area contributed by atoms with E-state index >= 15 is 0 Å². The summed E-state index contributed by atoms with van der Waals surface area (Å²) in [5, 5.41) is 3.82. The number of nitrogens with one attached hydrogen (secondary N) is 1. The number of fused-ring (bicyclic) bond motifs is 1. The molecule has 0 atom stereocenters. The summed E-state index contributed by atoms with van der Waals surface area (Å²) in [5.74, 6) is 0.723. The van der Waals surface area contributed by atoms with Crippen molar-refractivity contribution in [2.45, 2.75) is 20.4 Å². The Balaban J connectivity index is 1.79. The molecule has 0 aliphatic heterocycles. The van der Waals surface area contributed by atoms with Crippen LogP contribution in [0.25, 0.3) is 10.9 Å². The average molecular weight is 399 g/mol. The molecule has 0 saturated heterocycles. The second kappa shape index (κ2) is 7.66. The number of amides is 1. The molecule has 0 radical (unpaired) electrons. The zero-order valence-electron chi connectivity index (χ0n) is 14.2. The quantitative estimate of drug-likeness (QED) is 0.681. The third-order valence-corrected chi connectivity index (χ3v) is 4.32. The minimum atomic E-state index is -0.109. The minimum Gasteiger partial charge on any atom is -0.494 e. The van der Waals surface area contributed by atoms with Gasteiger partial charge in [-0.25, -0.2) is 0 Å². The fraction of sp³-hybridized carbons (Fsp3) is 0.200. The zero-order chi connectivity index (χ0) is 17.8. The predicted molar refractivity (Wildman–Crippen MR) is 103 cm³/mol. The Morgan fingerprint density at radius 1 is 1.16 bits per heavy atom. The summed E-state index contributed by atoms with van der Waals surface area (Å²) in [7, 11) is 0. The number of aryl methyl sites for hydroxylation is 1. The van der Waals surface area contributed by atoms with Gasteiger partial charge in [0.2, 0.25) is 0 Å². The van der Waals surface area contributed by atoms with Gasteiger partial charge in [-0.2, -0.15) is 0 Å². The Kier molecular flexibility index (Phi) is 5.34. The number of hydrogen-bond donors (Lipinski definition) is 1. The second-order valence-electron chi connectivity index (χ2n) is 5.73. The number of benzene rings is 2. The van der Waals surface area contributed by atoms with Gasteiger partial charge in [-0.05, 0) is 55.8 Å². The fourth-order valence-electron chi connectivity index (χ4n) is 2.67. The number of carbonyl (C=O) groups excluding carboxylic acids is 1. The first-order chi connectivity index (χ1) is 12.1. The number of carbonyl (C=O) groups is 1. The van der Waals surface area contributed by atoms with Gasteiger partial charge in [0.05, 0.1) is 17.7 Å². The van der Waals surface area contributed by atoms with Crippen LogP contribution in [-0.2, 0) is 6.54 Å². The van der Waals surface area contributed by atoms with Crippen LogP contribution in [0.3, 0.4) is 0 Å². The number of ether oxygens (including phenoxy) is 1. The first kappa shape index (κ1) is 17.4. The van der Waals surface area contributed by atoms with Crippen LogP contribution in [0.1, 0.15) is 28.5 Å². The number of pyridine rings is 1. The van der Waals surface area contributed by atoms with Gasteiger partial charge in [0.1, 0.15) is 5.75 Å². The van der Waals surface area contributed by atoms with E-state index in [1.165, 1.54) is 0 Å². The van der Waals surface area contributed by atoms with Crippen molar-refractivity contribution < 1.29 is 9.53 Å². The van der Waals surface area contributed by atoms with Gasteiger partial charge >= 0.3 is 0 Å². The van der Waals surface area contributed by atoms with Gasteiger partial charge in [-0.1, -0.05) is 28.1 Å². The highest BCUT2D eigenvalue weighted by Gasteiger charge is 2.12. The highest BCUT2D eigenvalue weighted by molar-refractivity contribution is 9.10. The summed E-state index contributed by atoms with van der Waals surface area (Å²) < 4.78 is 6.35. The van der Waals surface area contributed by atoms with Crippen LogP contribution in [0.4, 0.5) is 0 Å². The third kappa shape index (κ3) is 4.17. The second-order valence-corrected chi connectivity index (χ2v) is 6.65. The molecule has 5 heteroatoms. The van der Waals surface area contributed by atoms with Gasteiger partial charge in [0, 0.05) is 22.1 Å². The molecule has 3 aromatic rings. The highest BCUT2D eigenvalue weighted by atomic mass is 79.9. The first-order valence-corrected chi connectivity index (χ1v) is 8.93. The fourth-order valence-corrected chi connectivity index (χ4v) is 3.03. The molecule has 1 heterocycles. The van der Waals surface area contributed by atoms with E-state index < -0.39 is 0 Å². The van der Waals surface area contributed by atoms with E-state index in [0.717, 1.165) is 32.4 Å². The van der Waals surface area contributed by atoms with Crippen LogP contribution in [0.5, 0.6) is 5.75 Å². The molecule has 0 saturated carbocycles. The maximum atomic E-state index is 12.7. The Morgan fingerprint density at radius 2 is 1.92 bits per heavy atom. The lowest BCUT2D eigenvalue weighted by molar-refractivity contribution is 0.0952. The summed E-state index contributed by atoms with van der Waals surface area (Å²) in [6.07, 6.45) is 0. The van der Waals surface area contributed by atoms with E-state index in [2.05, 4.69) is 26.2 Å². The van der Waals surface area contributed by atoms with Crippen molar-refractivity contribution in [1.29, 1.82) is 0 Å². The molecule has 3 rings (SSSR count). The summed E-state index contributed by atoms with van der Waals surface area (Å²) in [6.45, 7) is 4.94. The smallest absolute Gasteiger partial charge is 0.252 e. The largest absolute Gasteiger partial charge is 0.494 e. The molecule has 4 nitrogen and oxygen atoms in total. The number of nitrogens with zero attached hydrogens (tertiary/aromatic N) is 1. The Hall–Kier alpha value is -2.40. The molecule has 0 unspecified atom stereocenters. The molecule has 2 aromatic carbocycles. The molecule has 1 N–H and O–H groups in total. The molecule has 0 fully saturated rings. The predicted octanol–water partition coefficient (Wildman–Crippen LogP) is 4.63. The van der Waals surface area contributed by atoms with Crippen molar-refractivity contribution >= 4 is 32.7 Å². The van der Waals surface area contributed by atoms with Crippen molar-refractivity contribution in [2.75, 3.05) is 6.61 Å². The van der Waals surface area contributed by atoms with Gasteiger partial charge in [-0.15, -0.1) is 0 Å². The van der Waals surface area contributed by atoms with Crippen molar-refractivity contribution in [3.8, 4) is 5.75 Å². The van der Waals surface area contributed by atoms with Crippen molar-refractivity contribution in [3.05, 3.63) is 69.8 Å². The van der Waals surface area contributed by atoms with Crippen LogP contribution in [0, 0.1) is 6.92 Å². The van der Waals surface area contributed by atoms with E-state index in [9.17, 15) is 4.79 Å². The van der Waals surface area contributed by atoms with Gasteiger partial charge in [0.15, 0.2) is 0 Å². The molecular formula is C20H19BrN2O2. The van der Waals surface area contributed by atoms with Crippen LogP contribution in [-0.4, -0.2) is 17.5 Å². The van der Waals surface area contributed by atoms with E-state index in [-0.39, 0.29) is 5.91 Å². The molecule has 0 bridgehead atoms. The molecule has 0 spiro atoms. The van der Waals surface area contributed by atoms with Crippen LogP contribution >= 0.6 is 15.9 Å².